The number of hydrogen-bond acceptors (Lipinski definition) is 4. The van der Waals surface area contributed by atoms with Crippen LogP contribution in [-0.4, -0.2) is 50.9 Å². The average molecular weight is 369 g/mol. The molecule has 0 radical (unpaired) electrons. The average Bonchev–Trinajstić information content (AvgIpc) is 3.44. The number of amides is 2. The largest absolute Gasteiger partial charge is 0.352 e. The van der Waals surface area contributed by atoms with E-state index in [0.29, 0.717) is 23.9 Å². The van der Waals surface area contributed by atoms with Crippen LogP contribution in [0.5, 0.6) is 0 Å². The minimum absolute atomic E-state index is 0.130. The van der Waals surface area contributed by atoms with Crippen molar-refractivity contribution in [3.63, 3.8) is 0 Å². The summed E-state index contributed by atoms with van der Waals surface area (Å²) in [6, 6.07) is 2.06. The number of nitrogens with zero attached hydrogens (tertiary/aromatic N) is 4. The second-order valence-corrected chi connectivity index (χ2v) is 8.09. The van der Waals surface area contributed by atoms with Crippen LogP contribution in [-0.2, 0) is 4.79 Å². The predicted molar refractivity (Wildman–Crippen MR) is 102 cm³/mol. The number of carbonyl (C=O) groups is 2. The Bertz CT molecular complexity index is 855. The first-order valence-corrected chi connectivity index (χ1v) is 9.92. The van der Waals surface area contributed by atoms with Crippen LogP contribution < -0.4 is 5.32 Å². The molecule has 2 fully saturated rings. The predicted octanol–water partition coefficient (Wildman–Crippen LogP) is 2.39. The van der Waals surface area contributed by atoms with E-state index in [4.69, 9.17) is 0 Å². The third-order valence-electron chi connectivity index (χ3n) is 5.54. The van der Waals surface area contributed by atoms with Crippen LogP contribution in [0.4, 0.5) is 0 Å². The Morgan fingerprint density at radius 2 is 2.07 bits per heavy atom. The molecule has 2 amide bonds. The van der Waals surface area contributed by atoms with Gasteiger partial charge in [0.25, 0.3) is 5.91 Å². The van der Waals surface area contributed by atoms with Crippen molar-refractivity contribution in [2.45, 2.75) is 45.6 Å². The molecule has 1 saturated carbocycles. The van der Waals surface area contributed by atoms with E-state index in [-0.39, 0.29) is 17.9 Å². The highest BCUT2D eigenvalue weighted by Gasteiger charge is 2.35. The van der Waals surface area contributed by atoms with Gasteiger partial charge in [-0.1, -0.05) is 0 Å². The van der Waals surface area contributed by atoms with Crippen molar-refractivity contribution in [2.24, 2.45) is 11.8 Å². The van der Waals surface area contributed by atoms with Crippen molar-refractivity contribution >= 4 is 23.0 Å². The minimum atomic E-state index is -0.130. The summed E-state index contributed by atoms with van der Waals surface area (Å²) in [7, 11) is 0. The number of hydrogen-bond donors (Lipinski definition) is 1. The quantitative estimate of drug-likeness (QED) is 0.878. The van der Waals surface area contributed by atoms with Gasteiger partial charge in [-0.25, -0.2) is 9.97 Å². The summed E-state index contributed by atoms with van der Waals surface area (Å²) in [5.41, 5.74) is 2.05. The Morgan fingerprint density at radius 1 is 1.26 bits per heavy atom. The third-order valence-corrected chi connectivity index (χ3v) is 5.54. The van der Waals surface area contributed by atoms with E-state index in [2.05, 4.69) is 29.1 Å². The zero-order valence-corrected chi connectivity index (χ0v) is 16.0. The van der Waals surface area contributed by atoms with Gasteiger partial charge in [0.15, 0.2) is 5.65 Å². The third kappa shape index (κ3) is 3.82. The molecule has 2 aromatic rings. The lowest BCUT2D eigenvalue weighted by Crippen LogP contribution is -2.44. The van der Waals surface area contributed by atoms with Crippen LogP contribution in [0.1, 0.15) is 55.9 Å². The second-order valence-electron chi connectivity index (χ2n) is 8.09. The zero-order chi connectivity index (χ0) is 19.0. The van der Waals surface area contributed by atoms with Gasteiger partial charge in [0, 0.05) is 37.8 Å². The number of rotatable bonds is 5. The number of pyridine rings is 1. The highest BCUT2D eigenvalue weighted by Crippen LogP contribution is 2.32. The van der Waals surface area contributed by atoms with Crippen molar-refractivity contribution in [1.29, 1.82) is 0 Å². The van der Waals surface area contributed by atoms with Crippen LogP contribution in [0.3, 0.4) is 0 Å². The first kappa shape index (κ1) is 17.9. The van der Waals surface area contributed by atoms with Crippen molar-refractivity contribution < 1.29 is 9.59 Å². The Kier molecular flexibility index (Phi) is 4.85. The maximum absolute atomic E-state index is 12.5. The van der Waals surface area contributed by atoms with Gasteiger partial charge in [0.2, 0.25) is 5.91 Å². The number of nitrogens with one attached hydrogen (secondary N) is 1. The molecular formula is C20H27N5O2. The fourth-order valence-electron chi connectivity index (χ4n) is 3.78. The van der Waals surface area contributed by atoms with Crippen LogP contribution in [0.15, 0.2) is 18.6 Å². The Labute approximate surface area is 159 Å². The lowest BCUT2D eigenvalue weighted by molar-refractivity contribution is -0.134. The van der Waals surface area contributed by atoms with Gasteiger partial charge < -0.3 is 14.8 Å². The van der Waals surface area contributed by atoms with Gasteiger partial charge in [-0.2, -0.15) is 0 Å². The Morgan fingerprint density at radius 3 is 2.81 bits per heavy atom. The first-order chi connectivity index (χ1) is 13.0. The topological polar surface area (TPSA) is 80.1 Å². The van der Waals surface area contributed by atoms with Crippen LogP contribution in [0.2, 0.25) is 0 Å². The number of aromatic nitrogens is 3. The van der Waals surface area contributed by atoms with E-state index in [1.807, 2.05) is 9.47 Å². The molecule has 27 heavy (non-hydrogen) atoms. The van der Waals surface area contributed by atoms with E-state index in [1.54, 1.807) is 18.6 Å². The van der Waals surface area contributed by atoms with E-state index in [1.165, 1.54) is 0 Å². The monoisotopic (exact) mass is 369 g/mol. The van der Waals surface area contributed by atoms with E-state index >= 15 is 0 Å². The molecule has 0 spiro atoms. The molecule has 1 atom stereocenters. The highest BCUT2D eigenvalue weighted by atomic mass is 16.2. The first-order valence-electron chi connectivity index (χ1n) is 9.92. The van der Waals surface area contributed by atoms with Crippen molar-refractivity contribution in [3.8, 4) is 0 Å². The summed E-state index contributed by atoms with van der Waals surface area (Å²) < 4.78 is 1.99. The van der Waals surface area contributed by atoms with E-state index < -0.39 is 0 Å². The normalized spacial score (nSPS) is 20.3. The van der Waals surface area contributed by atoms with Gasteiger partial charge >= 0.3 is 0 Å². The summed E-state index contributed by atoms with van der Waals surface area (Å²) in [5.74, 6) is 0.764. The van der Waals surface area contributed by atoms with Crippen LogP contribution >= 0.6 is 0 Å². The lowest BCUT2D eigenvalue weighted by Gasteiger charge is -2.33. The van der Waals surface area contributed by atoms with Crippen molar-refractivity contribution in [3.05, 3.63) is 24.2 Å². The van der Waals surface area contributed by atoms with Gasteiger partial charge in [-0.05, 0) is 51.5 Å². The fourth-order valence-corrected chi connectivity index (χ4v) is 3.78. The Balaban J connectivity index is 1.36. The number of fused-ring (bicyclic) bond motifs is 1. The molecule has 7 nitrogen and oxygen atoms in total. The van der Waals surface area contributed by atoms with Gasteiger partial charge in [0.05, 0.1) is 11.9 Å². The van der Waals surface area contributed by atoms with E-state index in [9.17, 15) is 9.59 Å². The van der Waals surface area contributed by atoms with Gasteiger partial charge in [-0.3, -0.25) is 9.59 Å². The molecule has 0 aromatic carbocycles. The SMILES string of the molecule is CC(C)n1cnc2cc(C(=O)NCC3CCCN(C(=O)C4CC4)C3)cnc21. The Hall–Kier alpha value is -2.44. The van der Waals surface area contributed by atoms with Crippen LogP contribution in [0, 0.1) is 11.8 Å². The molecule has 2 aliphatic rings. The van der Waals surface area contributed by atoms with Crippen LogP contribution in [0.25, 0.3) is 11.2 Å². The highest BCUT2D eigenvalue weighted by molar-refractivity contribution is 5.96. The molecule has 1 aliphatic carbocycles. The van der Waals surface area contributed by atoms with Crippen molar-refractivity contribution in [2.75, 3.05) is 19.6 Å². The molecule has 1 unspecified atom stereocenters. The van der Waals surface area contributed by atoms with Crippen molar-refractivity contribution in [1.82, 2.24) is 24.8 Å². The molecule has 3 heterocycles. The molecule has 144 valence electrons. The molecule has 2 aromatic heterocycles. The fraction of sp³-hybridized carbons (Fsp3) is 0.600. The molecular weight excluding hydrogens is 342 g/mol. The lowest BCUT2D eigenvalue weighted by atomic mass is 9.97. The maximum Gasteiger partial charge on any atom is 0.252 e. The second kappa shape index (κ2) is 7.29. The molecule has 1 aliphatic heterocycles. The summed E-state index contributed by atoms with van der Waals surface area (Å²) in [6.45, 7) is 6.35. The summed E-state index contributed by atoms with van der Waals surface area (Å²) in [5, 5.41) is 3.02. The molecule has 1 N–H and O–H groups in total. The zero-order valence-electron chi connectivity index (χ0n) is 16.0. The molecule has 7 heteroatoms. The van der Waals surface area contributed by atoms with E-state index in [0.717, 1.165) is 49.9 Å². The van der Waals surface area contributed by atoms with Gasteiger partial charge in [-0.15, -0.1) is 0 Å². The number of piperidine rings is 1. The molecule has 0 bridgehead atoms. The number of likely N-dealkylation sites (tertiary alicyclic amines) is 1. The smallest absolute Gasteiger partial charge is 0.252 e. The summed E-state index contributed by atoms with van der Waals surface area (Å²) in [6.07, 6.45) is 7.51. The number of imidazole rings is 1. The number of carbonyl (C=O) groups excluding carboxylic acids is 2. The van der Waals surface area contributed by atoms with Gasteiger partial charge in [0.1, 0.15) is 5.52 Å². The molecule has 1 saturated heterocycles. The minimum Gasteiger partial charge on any atom is -0.352 e. The summed E-state index contributed by atoms with van der Waals surface area (Å²) in [4.78, 5) is 35.6. The summed E-state index contributed by atoms with van der Waals surface area (Å²) >= 11 is 0. The standard InChI is InChI=1S/C20H27N5O2/c1-13(2)25-12-23-17-8-16(10-21-18(17)25)19(26)22-9-14-4-3-7-24(11-14)20(27)15-5-6-15/h8,10,12-15H,3-7,9,11H2,1-2H3,(H,22,26). The molecule has 4 rings (SSSR count). The maximum atomic E-state index is 12.5.